The number of hydrogen-bond acceptors (Lipinski definition) is 5. The van der Waals surface area contributed by atoms with Crippen LogP contribution in [0.25, 0.3) is 0 Å². The monoisotopic (exact) mass is 296 g/mol. The van der Waals surface area contributed by atoms with Crippen LogP contribution >= 0.6 is 0 Å². The van der Waals surface area contributed by atoms with Gasteiger partial charge in [-0.2, -0.15) is 0 Å². The summed E-state index contributed by atoms with van der Waals surface area (Å²) >= 11 is 0. The molecule has 0 amide bonds. The summed E-state index contributed by atoms with van der Waals surface area (Å²) < 4.78 is 15.8. The van der Waals surface area contributed by atoms with Gasteiger partial charge in [-0.3, -0.25) is 0 Å². The molecule has 0 aliphatic carbocycles. The minimum atomic E-state index is -1.06. The second-order valence-electron chi connectivity index (χ2n) is 4.69. The quantitative estimate of drug-likeness (QED) is 0.478. The zero-order valence-corrected chi connectivity index (χ0v) is 12.4. The van der Waals surface area contributed by atoms with Gasteiger partial charge < -0.3 is 24.4 Å². The van der Waals surface area contributed by atoms with Gasteiger partial charge in [-0.15, -0.1) is 6.58 Å². The largest absolute Gasteiger partial charge is 0.390 e. The predicted molar refractivity (Wildman–Crippen MR) is 79.7 cm³/mol. The Morgan fingerprint density at radius 2 is 1.95 bits per heavy atom. The molecule has 0 spiro atoms. The summed E-state index contributed by atoms with van der Waals surface area (Å²) in [6.45, 7) is 4.14. The van der Waals surface area contributed by atoms with Crippen LogP contribution in [0.2, 0.25) is 0 Å². The third kappa shape index (κ3) is 6.84. The fourth-order valence-corrected chi connectivity index (χ4v) is 1.83. The molecule has 5 nitrogen and oxygen atoms in total. The van der Waals surface area contributed by atoms with Crippen LogP contribution in [0.1, 0.15) is 12.0 Å². The van der Waals surface area contributed by atoms with Crippen LogP contribution in [0.5, 0.6) is 0 Å². The highest BCUT2D eigenvalue weighted by molar-refractivity contribution is 5.13. The maximum atomic E-state index is 10.1. The lowest BCUT2D eigenvalue weighted by atomic mass is 10.1. The van der Waals surface area contributed by atoms with E-state index in [1.807, 2.05) is 30.3 Å². The van der Waals surface area contributed by atoms with Crippen LogP contribution in [0.4, 0.5) is 0 Å². The summed E-state index contributed by atoms with van der Waals surface area (Å²) in [5.41, 5.74) is 1.03. The van der Waals surface area contributed by atoms with Crippen molar-refractivity contribution in [2.75, 3.05) is 20.5 Å². The van der Waals surface area contributed by atoms with Crippen molar-refractivity contribution in [2.45, 2.75) is 31.3 Å². The molecular weight excluding hydrogens is 272 g/mol. The molecule has 0 radical (unpaired) electrons. The van der Waals surface area contributed by atoms with E-state index in [1.54, 1.807) is 6.08 Å². The first kappa shape index (κ1) is 17.8. The van der Waals surface area contributed by atoms with Crippen molar-refractivity contribution >= 4 is 0 Å². The van der Waals surface area contributed by atoms with Crippen molar-refractivity contribution in [1.29, 1.82) is 0 Å². The molecule has 0 saturated carbocycles. The Kier molecular flexibility index (Phi) is 8.89. The van der Waals surface area contributed by atoms with Gasteiger partial charge in [0.1, 0.15) is 19.0 Å². The summed E-state index contributed by atoms with van der Waals surface area (Å²) in [4.78, 5) is 0. The van der Waals surface area contributed by atoms with E-state index in [9.17, 15) is 10.2 Å². The maximum Gasteiger partial charge on any atom is 0.146 e. The smallest absolute Gasteiger partial charge is 0.146 e. The third-order valence-corrected chi connectivity index (χ3v) is 2.98. The molecule has 0 fully saturated rings. The van der Waals surface area contributed by atoms with Gasteiger partial charge in [0.05, 0.1) is 19.3 Å². The molecule has 0 saturated heterocycles. The van der Waals surface area contributed by atoms with Crippen molar-refractivity contribution in [3.63, 3.8) is 0 Å². The minimum Gasteiger partial charge on any atom is -0.390 e. The third-order valence-electron chi connectivity index (χ3n) is 2.98. The number of methoxy groups -OCH3 is 1. The first-order valence-electron chi connectivity index (χ1n) is 6.88. The molecule has 0 unspecified atom stereocenters. The average Bonchev–Trinajstić information content (AvgIpc) is 2.51. The highest BCUT2D eigenvalue weighted by Crippen LogP contribution is 2.10. The topological polar surface area (TPSA) is 68.2 Å². The highest BCUT2D eigenvalue weighted by atomic mass is 16.7. The second-order valence-corrected chi connectivity index (χ2v) is 4.69. The van der Waals surface area contributed by atoms with Gasteiger partial charge in [0.2, 0.25) is 0 Å². The average molecular weight is 296 g/mol. The molecular formula is C16H24O5. The van der Waals surface area contributed by atoms with Gasteiger partial charge in [-0.25, -0.2) is 0 Å². The van der Waals surface area contributed by atoms with Gasteiger partial charge in [-0.05, 0) is 12.0 Å². The highest BCUT2D eigenvalue weighted by Gasteiger charge is 2.26. The Balaban J connectivity index is 2.46. The van der Waals surface area contributed by atoms with E-state index in [4.69, 9.17) is 14.2 Å². The predicted octanol–water partition coefficient (Wildman–Crippen LogP) is 1.49. The van der Waals surface area contributed by atoms with Crippen LogP contribution in [-0.2, 0) is 20.8 Å². The molecule has 1 aromatic carbocycles. The number of aliphatic hydroxyl groups is 2. The SMILES string of the molecule is C=CC[C@@H](O)[C@H](O)[C@@H](COCc1ccccc1)OCOC. The Bertz CT molecular complexity index is 382. The summed E-state index contributed by atoms with van der Waals surface area (Å²) in [5.74, 6) is 0. The second kappa shape index (κ2) is 10.5. The van der Waals surface area contributed by atoms with E-state index in [1.165, 1.54) is 7.11 Å². The molecule has 0 aliphatic heterocycles. The van der Waals surface area contributed by atoms with Crippen LogP contribution in [0.15, 0.2) is 43.0 Å². The maximum absolute atomic E-state index is 10.1. The Morgan fingerprint density at radius 3 is 2.57 bits per heavy atom. The molecule has 2 N–H and O–H groups in total. The van der Waals surface area contributed by atoms with Gasteiger partial charge >= 0.3 is 0 Å². The molecule has 118 valence electrons. The normalized spacial score (nSPS) is 15.4. The lowest BCUT2D eigenvalue weighted by Crippen LogP contribution is -2.42. The van der Waals surface area contributed by atoms with Gasteiger partial charge in [0.15, 0.2) is 0 Å². The molecule has 1 rings (SSSR count). The molecule has 1 aromatic rings. The Morgan fingerprint density at radius 1 is 1.24 bits per heavy atom. The Hall–Kier alpha value is -1.24. The minimum absolute atomic E-state index is 0.0250. The van der Waals surface area contributed by atoms with E-state index >= 15 is 0 Å². The van der Waals surface area contributed by atoms with Crippen molar-refractivity contribution in [2.24, 2.45) is 0 Å². The lowest BCUT2D eigenvalue weighted by Gasteiger charge is -2.26. The van der Waals surface area contributed by atoms with Crippen molar-refractivity contribution in [3.8, 4) is 0 Å². The molecule has 0 heterocycles. The lowest BCUT2D eigenvalue weighted by molar-refractivity contribution is -0.158. The van der Waals surface area contributed by atoms with E-state index in [0.29, 0.717) is 6.61 Å². The first-order valence-corrected chi connectivity index (χ1v) is 6.88. The van der Waals surface area contributed by atoms with E-state index < -0.39 is 18.3 Å². The number of hydrogen-bond donors (Lipinski definition) is 2. The standard InChI is InChI=1S/C16H24O5/c1-3-7-14(17)16(18)15(21-12-19-2)11-20-10-13-8-5-4-6-9-13/h3-6,8-9,14-18H,1,7,10-12H2,2H3/t14-,15-,16+/m1/s1. The molecule has 0 bridgehead atoms. The summed E-state index contributed by atoms with van der Waals surface area (Å²) in [5, 5.41) is 19.9. The van der Waals surface area contributed by atoms with Gasteiger partial charge in [-0.1, -0.05) is 36.4 Å². The van der Waals surface area contributed by atoms with Crippen molar-refractivity contribution < 1.29 is 24.4 Å². The fourth-order valence-electron chi connectivity index (χ4n) is 1.83. The van der Waals surface area contributed by atoms with E-state index in [0.717, 1.165) is 5.56 Å². The zero-order chi connectivity index (χ0) is 15.5. The van der Waals surface area contributed by atoms with E-state index in [2.05, 4.69) is 6.58 Å². The van der Waals surface area contributed by atoms with Crippen LogP contribution < -0.4 is 0 Å². The summed E-state index contributed by atoms with van der Waals surface area (Å²) in [6.07, 6.45) is -0.832. The molecule has 3 atom stereocenters. The number of benzene rings is 1. The van der Waals surface area contributed by atoms with Crippen molar-refractivity contribution in [1.82, 2.24) is 0 Å². The number of rotatable bonds is 11. The van der Waals surface area contributed by atoms with Crippen molar-refractivity contribution in [3.05, 3.63) is 48.6 Å². The summed E-state index contributed by atoms with van der Waals surface area (Å²) in [7, 11) is 1.49. The molecule has 0 aliphatic rings. The Labute approximate surface area is 125 Å². The number of aliphatic hydroxyl groups excluding tert-OH is 2. The van der Waals surface area contributed by atoms with Crippen LogP contribution in [0.3, 0.4) is 0 Å². The van der Waals surface area contributed by atoms with Gasteiger partial charge in [0, 0.05) is 7.11 Å². The van der Waals surface area contributed by atoms with Crippen LogP contribution in [0, 0.1) is 0 Å². The zero-order valence-electron chi connectivity index (χ0n) is 12.4. The van der Waals surface area contributed by atoms with Gasteiger partial charge in [0.25, 0.3) is 0 Å². The van der Waals surface area contributed by atoms with E-state index in [-0.39, 0.29) is 19.8 Å². The number of ether oxygens (including phenoxy) is 3. The molecule has 5 heteroatoms. The molecule has 21 heavy (non-hydrogen) atoms. The molecule has 0 aromatic heterocycles. The first-order chi connectivity index (χ1) is 10.2. The summed E-state index contributed by atoms with van der Waals surface area (Å²) in [6, 6.07) is 9.70. The van der Waals surface area contributed by atoms with Crippen LogP contribution in [-0.4, -0.2) is 49.0 Å². The fraction of sp³-hybridized carbons (Fsp3) is 0.500.